The van der Waals surface area contributed by atoms with E-state index in [9.17, 15) is 4.79 Å². The standard InChI is InChI=1S/C17H14N4O/c1-21(14-5-3-2-4-6-14)17(22)20-13-7-8-15-12(10-18)11-19-16(15)9-13/h2-9,11,19H,1H3,(H,20,22). The number of carbonyl (C=O) groups is 1. The maximum atomic E-state index is 12.3. The summed E-state index contributed by atoms with van der Waals surface area (Å²) in [6.07, 6.45) is 1.66. The lowest BCUT2D eigenvalue weighted by Gasteiger charge is -2.18. The van der Waals surface area contributed by atoms with Crippen LogP contribution in [0.15, 0.2) is 54.7 Å². The fraction of sp³-hybridized carbons (Fsp3) is 0.0588. The number of urea groups is 1. The number of para-hydroxylation sites is 1. The van der Waals surface area contributed by atoms with Crippen molar-refractivity contribution in [2.24, 2.45) is 0 Å². The molecule has 0 aliphatic heterocycles. The number of amides is 2. The van der Waals surface area contributed by atoms with Crippen LogP contribution in [0.5, 0.6) is 0 Å². The highest BCUT2D eigenvalue weighted by molar-refractivity contribution is 6.02. The number of carbonyl (C=O) groups excluding carboxylic acids is 1. The van der Waals surface area contributed by atoms with Crippen molar-refractivity contribution in [2.45, 2.75) is 0 Å². The number of nitrogens with one attached hydrogen (secondary N) is 2. The maximum absolute atomic E-state index is 12.3. The first-order valence-corrected chi connectivity index (χ1v) is 6.80. The summed E-state index contributed by atoms with van der Waals surface area (Å²) in [6.45, 7) is 0. The van der Waals surface area contributed by atoms with Gasteiger partial charge in [-0.15, -0.1) is 0 Å². The monoisotopic (exact) mass is 290 g/mol. The van der Waals surface area contributed by atoms with Gasteiger partial charge in [0.15, 0.2) is 0 Å². The van der Waals surface area contributed by atoms with Crippen molar-refractivity contribution in [3.8, 4) is 6.07 Å². The zero-order valence-corrected chi connectivity index (χ0v) is 12.0. The Morgan fingerprint density at radius 1 is 1.23 bits per heavy atom. The first-order valence-electron chi connectivity index (χ1n) is 6.80. The molecule has 5 nitrogen and oxygen atoms in total. The molecule has 0 aliphatic rings. The van der Waals surface area contributed by atoms with Crippen molar-refractivity contribution in [3.63, 3.8) is 0 Å². The number of anilines is 2. The molecular weight excluding hydrogens is 276 g/mol. The van der Waals surface area contributed by atoms with E-state index in [4.69, 9.17) is 5.26 Å². The molecule has 0 aliphatic carbocycles. The van der Waals surface area contributed by atoms with Crippen LogP contribution in [0.25, 0.3) is 10.9 Å². The molecule has 1 aromatic heterocycles. The molecule has 0 atom stereocenters. The Kier molecular flexibility index (Phi) is 3.50. The van der Waals surface area contributed by atoms with Crippen LogP contribution in [0, 0.1) is 11.3 Å². The Morgan fingerprint density at radius 3 is 2.73 bits per heavy atom. The highest BCUT2D eigenvalue weighted by Crippen LogP contribution is 2.22. The van der Waals surface area contributed by atoms with Crippen LogP contribution in [-0.2, 0) is 0 Å². The van der Waals surface area contributed by atoms with E-state index in [2.05, 4.69) is 16.4 Å². The topological polar surface area (TPSA) is 71.9 Å². The fourth-order valence-corrected chi connectivity index (χ4v) is 2.27. The minimum absolute atomic E-state index is 0.224. The van der Waals surface area contributed by atoms with Gasteiger partial charge in [0.05, 0.1) is 5.56 Å². The summed E-state index contributed by atoms with van der Waals surface area (Å²) >= 11 is 0. The molecule has 5 heteroatoms. The van der Waals surface area contributed by atoms with Gasteiger partial charge >= 0.3 is 6.03 Å². The zero-order valence-electron chi connectivity index (χ0n) is 12.0. The van der Waals surface area contributed by atoms with Gasteiger partial charge in [-0.25, -0.2) is 4.79 Å². The molecule has 0 saturated heterocycles. The Morgan fingerprint density at radius 2 is 2.00 bits per heavy atom. The van der Waals surface area contributed by atoms with Crippen LogP contribution in [0.4, 0.5) is 16.2 Å². The summed E-state index contributed by atoms with van der Waals surface area (Å²) in [4.78, 5) is 16.8. The third-order valence-corrected chi connectivity index (χ3v) is 3.50. The third kappa shape index (κ3) is 2.50. The number of nitrogens with zero attached hydrogens (tertiary/aromatic N) is 2. The van der Waals surface area contributed by atoms with E-state index >= 15 is 0 Å². The molecule has 0 bridgehead atoms. The molecule has 2 amide bonds. The molecule has 108 valence electrons. The molecular formula is C17H14N4O. The highest BCUT2D eigenvalue weighted by Gasteiger charge is 2.11. The number of nitriles is 1. The van der Waals surface area contributed by atoms with Crippen molar-refractivity contribution in [2.75, 3.05) is 17.3 Å². The Hall–Kier alpha value is -3.26. The molecule has 0 saturated carbocycles. The lowest BCUT2D eigenvalue weighted by atomic mass is 10.2. The number of H-pyrrole nitrogens is 1. The number of rotatable bonds is 2. The molecule has 22 heavy (non-hydrogen) atoms. The van der Waals surface area contributed by atoms with E-state index in [1.807, 2.05) is 42.5 Å². The lowest BCUT2D eigenvalue weighted by Crippen LogP contribution is -2.31. The zero-order chi connectivity index (χ0) is 15.5. The Balaban J connectivity index is 1.81. The maximum Gasteiger partial charge on any atom is 0.326 e. The van der Waals surface area contributed by atoms with Crippen LogP contribution >= 0.6 is 0 Å². The largest absolute Gasteiger partial charge is 0.360 e. The molecule has 2 aromatic carbocycles. The first kappa shape index (κ1) is 13.7. The van der Waals surface area contributed by atoms with E-state index in [0.29, 0.717) is 11.3 Å². The molecule has 0 radical (unpaired) electrons. The number of aromatic nitrogens is 1. The number of fused-ring (bicyclic) bond motifs is 1. The molecule has 3 rings (SSSR count). The van der Waals surface area contributed by atoms with Crippen LogP contribution in [0.2, 0.25) is 0 Å². The predicted molar refractivity (Wildman–Crippen MR) is 86.9 cm³/mol. The van der Waals surface area contributed by atoms with E-state index in [1.165, 1.54) is 0 Å². The summed E-state index contributed by atoms with van der Waals surface area (Å²) in [5.41, 5.74) is 2.89. The number of hydrogen-bond donors (Lipinski definition) is 2. The van der Waals surface area contributed by atoms with Gasteiger partial charge < -0.3 is 10.3 Å². The smallest absolute Gasteiger partial charge is 0.326 e. The van der Waals surface area contributed by atoms with Crippen molar-refractivity contribution < 1.29 is 4.79 Å². The van der Waals surface area contributed by atoms with Gasteiger partial charge in [0.2, 0.25) is 0 Å². The van der Waals surface area contributed by atoms with Crippen LogP contribution in [0.3, 0.4) is 0 Å². The Bertz CT molecular complexity index is 861. The second-order valence-corrected chi connectivity index (χ2v) is 4.90. The summed E-state index contributed by atoms with van der Waals surface area (Å²) < 4.78 is 0. The van der Waals surface area contributed by atoms with Gasteiger partial charge in [0.25, 0.3) is 0 Å². The van der Waals surface area contributed by atoms with Crippen LogP contribution < -0.4 is 10.2 Å². The summed E-state index contributed by atoms with van der Waals surface area (Å²) in [6, 6.07) is 16.7. The molecule has 0 fully saturated rings. The SMILES string of the molecule is CN(C(=O)Nc1ccc2c(C#N)c[nH]c2c1)c1ccccc1. The minimum Gasteiger partial charge on any atom is -0.360 e. The van der Waals surface area contributed by atoms with E-state index in [1.54, 1.807) is 24.2 Å². The van der Waals surface area contributed by atoms with E-state index in [-0.39, 0.29) is 6.03 Å². The van der Waals surface area contributed by atoms with Gasteiger partial charge in [-0.3, -0.25) is 4.90 Å². The van der Waals surface area contributed by atoms with Gasteiger partial charge in [-0.05, 0) is 30.3 Å². The molecule has 0 unspecified atom stereocenters. The number of benzene rings is 2. The fourth-order valence-electron chi connectivity index (χ4n) is 2.27. The van der Waals surface area contributed by atoms with Crippen molar-refractivity contribution >= 4 is 28.3 Å². The molecule has 1 heterocycles. The lowest BCUT2D eigenvalue weighted by molar-refractivity contribution is 0.258. The molecule has 3 aromatic rings. The quantitative estimate of drug-likeness (QED) is 0.755. The average Bonchev–Trinajstić information content (AvgIpc) is 2.97. The third-order valence-electron chi connectivity index (χ3n) is 3.50. The van der Waals surface area contributed by atoms with Crippen LogP contribution in [0.1, 0.15) is 5.56 Å². The predicted octanol–water partition coefficient (Wildman–Crippen LogP) is 3.71. The average molecular weight is 290 g/mol. The number of aromatic amines is 1. The normalized spacial score (nSPS) is 10.2. The summed E-state index contributed by atoms with van der Waals surface area (Å²) in [7, 11) is 1.71. The van der Waals surface area contributed by atoms with Gasteiger partial charge in [0.1, 0.15) is 6.07 Å². The first-order chi connectivity index (χ1) is 10.7. The Labute approximate surface area is 127 Å². The van der Waals surface area contributed by atoms with Crippen molar-refractivity contribution in [3.05, 3.63) is 60.3 Å². The molecule has 0 spiro atoms. The summed E-state index contributed by atoms with van der Waals surface area (Å²) in [5.74, 6) is 0. The van der Waals surface area contributed by atoms with Crippen molar-refractivity contribution in [1.29, 1.82) is 5.26 Å². The van der Waals surface area contributed by atoms with E-state index in [0.717, 1.165) is 16.6 Å². The van der Waals surface area contributed by atoms with Crippen molar-refractivity contribution in [1.82, 2.24) is 4.98 Å². The second-order valence-electron chi connectivity index (χ2n) is 4.90. The van der Waals surface area contributed by atoms with Crippen LogP contribution in [-0.4, -0.2) is 18.1 Å². The minimum atomic E-state index is -0.224. The second kappa shape index (κ2) is 5.62. The van der Waals surface area contributed by atoms with E-state index < -0.39 is 0 Å². The van der Waals surface area contributed by atoms with Gasteiger partial charge in [0, 0.05) is 35.5 Å². The van der Waals surface area contributed by atoms with Gasteiger partial charge in [-0.2, -0.15) is 5.26 Å². The number of hydrogen-bond acceptors (Lipinski definition) is 2. The highest BCUT2D eigenvalue weighted by atomic mass is 16.2. The summed E-state index contributed by atoms with van der Waals surface area (Å²) in [5, 5.41) is 12.7. The molecule has 2 N–H and O–H groups in total. The van der Waals surface area contributed by atoms with Gasteiger partial charge in [-0.1, -0.05) is 18.2 Å².